The van der Waals surface area contributed by atoms with Gasteiger partial charge in [0.2, 0.25) is 5.91 Å². The Morgan fingerprint density at radius 3 is 2.58 bits per heavy atom. The van der Waals surface area contributed by atoms with Crippen LogP contribution in [-0.4, -0.2) is 24.0 Å². The van der Waals surface area contributed by atoms with Crippen molar-refractivity contribution >= 4 is 17.6 Å². The molecule has 0 aromatic heterocycles. The Bertz CT molecular complexity index is 825. The molecule has 3 N–H and O–H groups in total. The Balaban J connectivity index is 1.66. The number of hydrogen-bond donors (Lipinski definition) is 3. The lowest BCUT2D eigenvalue weighted by Gasteiger charge is -2.19. The van der Waals surface area contributed by atoms with Crippen molar-refractivity contribution in [2.45, 2.75) is 31.3 Å². The van der Waals surface area contributed by atoms with Gasteiger partial charge in [0.1, 0.15) is 6.04 Å². The van der Waals surface area contributed by atoms with Crippen LogP contribution in [-0.2, 0) is 11.2 Å². The lowest BCUT2D eigenvalue weighted by molar-refractivity contribution is -0.123. The van der Waals surface area contributed by atoms with Crippen molar-refractivity contribution in [1.82, 2.24) is 10.6 Å². The summed E-state index contributed by atoms with van der Waals surface area (Å²) in [6, 6.07) is 17.3. The molecule has 0 bridgehead atoms. The largest absolute Gasteiger partial charge is 0.352 e. The molecule has 26 heavy (non-hydrogen) atoms. The van der Waals surface area contributed by atoms with E-state index in [4.69, 9.17) is 5.26 Å². The molecule has 6 heteroatoms. The van der Waals surface area contributed by atoms with Crippen molar-refractivity contribution in [2.75, 3.05) is 5.32 Å². The Labute approximate surface area is 152 Å². The predicted molar refractivity (Wildman–Crippen MR) is 98.4 cm³/mol. The average Bonchev–Trinajstić information content (AvgIpc) is 3.46. The van der Waals surface area contributed by atoms with Crippen LogP contribution in [0.5, 0.6) is 0 Å². The van der Waals surface area contributed by atoms with Crippen LogP contribution in [0.4, 0.5) is 10.5 Å². The SMILES string of the molecule is N#Cc1cccc(NC(=O)NC(Cc2ccccc2)C(=O)NC2CC2)c1. The van der Waals surface area contributed by atoms with E-state index in [0.717, 1.165) is 18.4 Å². The van der Waals surface area contributed by atoms with Crippen molar-refractivity contribution in [3.8, 4) is 6.07 Å². The Hall–Kier alpha value is -3.33. The van der Waals surface area contributed by atoms with E-state index in [1.807, 2.05) is 36.4 Å². The van der Waals surface area contributed by atoms with E-state index < -0.39 is 12.1 Å². The van der Waals surface area contributed by atoms with Crippen molar-refractivity contribution in [2.24, 2.45) is 0 Å². The maximum atomic E-state index is 12.5. The minimum Gasteiger partial charge on any atom is -0.352 e. The second-order valence-electron chi connectivity index (χ2n) is 6.32. The Kier molecular flexibility index (Phi) is 5.49. The summed E-state index contributed by atoms with van der Waals surface area (Å²) in [6.45, 7) is 0. The molecule has 1 aliphatic carbocycles. The maximum absolute atomic E-state index is 12.5. The van der Waals surface area contributed by atoms with Gasteiger partial charge in [0, 0.05) is 18.2 Å². The van der Waals surface area contributed by atoms with Gasteiger partial charge in [-0.1, -0.05) is 36.4 Å². The van der Waals surface area contributed by atoms with Gasteiger partial charge in [-0.15, -0.1) is 0 Å². The van der Waals surface area contributed by atoms with Crippen LogP contribution < -0.4 is 16.0 Å². The molecule has 132 valence electrons. The standard InChI is InChI=1S/C20H20N4O2/c21-13-15-7-4-8-17(11-15)23-20(26)24-18(19(25)22-16-9-10-16)12-14-5-2-1-3-6-14/h1-8,11,16,18H,9-10,12H2,(H,22,25)(H2,23,24,26). The molecule has 6 nitrogen and oxygen atoms in total. The van der Waals surface area contributed by atoms with Gasteiger partial charge in [0.25, 0.3) is 0 Å². The molecule has 2 aromatic carbocycles. The summed E-state index contributed by atoms with van der Waals surface area (Å²) in [7, 11) is 0. The summed E-state index contributed by atoms with van der Waals surface area (Å²) in [4.78, 5) is 24.8. The highest BCUT2D eigenvalue weighted by Gasteiger charge is 2.28. The zero-order valence-electron chi connectivity index (χ0n) is 14.2. The fraction of sp³-hybridized carbons (Fsp3) is 0.250. The number of nitrogens with zero attached hydrogens (tertiary/aromatic N) is 1. The summed E-state index contributed by atoms with van der Waals surface area (Å²) in [6.07, 6.45) is 2.37. The second kappa shape index (κ2) is 8.17. The van der Waals surface area contributed by atoms with Crippen LogP contribution in [0.1, 0.15) is 24.0 Å². The minimum absolute atomic E-state index is 0.183. The first-order valence-electron chi connectivity index (χ1n) is 8.56. The van der Waals surface area contributed by atoms with Crippen LogP contribution in [0.25, 0.3) is 0 Å². The summed E-state index contributed by atoms with van der Waals surface area (Å²) in [5, 5.41) is 17.3. The van der Waals surface area contributed by atoms with Crippen molar-refractivity contribution in [1.29, 1.82) is 5.26 Å². The highest BCUT2D eigenvalue weighted by molar-refractivity contribution is 5.94. The third-order valence-electron chi connectivity index (χ3n) is 4.08. The van der Waals surface area contributed by atoms with E-state index in [-0.39, 0.29) is 11.9 Å². The minimum atomic E-state index is -0.669. The van der Waals surface area contributed by atoms with Crippen LogP contribution in [0, 0.1) is 11.3 Å². The lowest BCUT2D eigenvalue weighted by atomic mass is 10.1. The Morgan fingerprint density at radius 1 is 1.12 bits per heavy atom. The van der Waals surface area contributed by atoms with Gasteiger partial charge in [-0.2, -0.15) is 5.26 Å². The maximum Gasteiger partial charge on any atom is 0.319 e. The molecular weight excluding hydrogens is 328 g/mol. The number of carbonyl (C=O) groups excluding carboxylic acids is 2. The van der Waals surface area contributed by atoms with Gasteiger partial charge in [-0.25, -0.2) is 4.79 Å². The molecule has 3 amide bonds. The summed E-state index contributed by atoms with van der Waals surface area (Å²) in [5.41, 5.74) is 1.92. The van der Waals surface area contributed by atoms with E-state index in [0.29, 0.717) is 17.7 Å². The first-order valence-corrected chi connectivity index (χ1v) is 8.56. The molecule has 0 radical (unpaired) electrons. The molecular formula is C20H20N4O2. The number of hydrogen-bond acceptors (Lipinski definition) is 3. The van der Waals surface area contributed by atoms with Gasteiger partial charge < -0.3 is 16.0 Å². The molecule has 1 saturated carbocycles. The number of urea groups is 1. The third-order valence-corrected chi connectivity index (χ3v) is 4.08. The van der Waals surface area contributed by atoms with Crippen molar-refractivity contribution in [3.05, 3.63) is 65.7 Å². The fourth-order valence-electron chi connectivity index (χ4n) is 2.58. The number of rotatable bonds is 6. The first kappa shape index (κ1) is 17.5. The molecule has 1 atom stereocenters. The molecule has 1 unspecified atom stereocenters. The third kappa shape index (κ3) is 5.08. The number of amides is 3. The number of nitrogens with one attached hydrogen (secondary N) is 3. The van der Waals surface area contributed by atoms with E-state index in [1.54, 1.807) is 24.3 Å². The number of benzene rings is 2. The van der Waals surface area contributed by atoms with Gasteiger partial charge in [0.15, 0.2) is 0 Å². The smallest absolute Gasteiger partial charge is 0.319 e. The summed E-state index contributed by atoms with van der Waals surface area (Å²) in [5.74, 6) is -0.183. The first-order chi connectivity index (χ1) is 12.6. The summed E-state index contributed by atoms with van der Waals surface area (Å²) < 4.78 is 0. The van der Waals surface area contributed by atoms with E-state index in [1.165, 1.54) is 0 Å². The number of anilines is 1. The van der Waals surface area contributed by atoms with E-state index in [2.05, 4.69) is 16.0 Å². The van der Waals surface area contributed by atoms with Crippen LogP contribution in [0.2, 0.25) is 0 Å². The van der Waals surface area contributed by atoms with Gasteiger partial charge in [0.05, 0.1) is 11.6 Å². The molecule has 0 spiro atoms. The van der Waals surface area contributed by atoms with E-state index >= 15 is 0 Å². The molecule has 0 heterocycles. The molecule has 0 aliphatic heterocycles. The number of nitriles is 1. The topological polar surface area (TPSA) is 94.0 Å². The monoisotopic (exact) mass is 348 g/mol. The van der Waals surface area contributed by atoms with Crippen LogP contribution in [0.3, 0.4) is 0 Å². The zero-order valence-corrected chi connectivity index (χ0v) is 14.2. The molecule has 1 fully saturated rings. The van der Waals surface area contributed by atoms with Crippen molar-refractivity contribution in [3.63, 3.8) is 0 Å². The number of carbonyl (C=O) groups is 2. The predicted octanol–water partition coefficient (Wildman–Crippen LogP) is 2.57. The highest BCUT2D eigenvalue weighted by atomic mass is 16.2. The molecule has 1 aliphatic rings. The normalized spacial score (nSPS) is 14.0. The fourth-order valence-corrected chi connectivity index (χ4v) is 2.58. The molecule has 2 aromatic rings. The lowest BCUT2D eigenvalue weighted by Crippen LogP contribution is -2.49. The molecule has 0 saturated heterocycles. The Morgan fingerprint density at radius 2 is 1.88 bits per heavy atom. The van der Waals surface area contributed by atoms with Gasteiger partial charge in [-0.3, -0.25) is 4.79 Å². The van der Waals surface area contributed by atoms with Crippen LogP contribution >= 0.6 is 0 Å². The van der Waals surface area contributed by atoms with Gasteiger partial charge in [-0.05, 0) is 36.6 Å². The van der Waals surface area contributed by atoms with E-state index in [9.17, 15) is 9.59 Å². The van der Waals surface area contributed by atoms with Crippen molar-refractivity contribution < 1.29 is 9.59 Å². The zero-order chi connectivity index (χ0) is 18.4. The quantitative estimate of drug-likeness (QED) is 0.749. The second-order valence-corrected chi connectivity index (χ2v) is 6.32. The van der Waals surface area contributed by atoms with Crippen LogP contribution in [0.15, 0.2) is 54.6 Å². The average molecular weight is 348 g/mol. The molecule has 3 rings (SSSR count). The van der Waals surface area contributed by atoms with Gasteiger partial charge >= 0.3 is 6.03 Å². The summed E-state index contributed by atoms with van der Waals surface area (Å²) >= 11 is 0. The highest BCUT2D eigenvalue weighted by Crippen LogP contribution is 2.19.